The minimum Gasteiger partial charge on any atom is -0.481 e. The van der Waals surface area contributed by atoms with Gasteiger partial charge in [-0.1, -0.05) is 13.8 Å². The van der Waals surface area contributed by atoms with Crippen molar-refractivity contribution in [2.45, 2.75) is 25.2 Å². The fraction of sp³-hybridized carbons (Fsp3) is 0.600. The lowest BCUT2D eigenvalue weighted by atomic mass is 9.98. The van der Waals surface area contributed by atoms with Crippen LogP contribution < -0.4 is 4.72 Å². The van der Waals surface area contributed by atoms with Crippen LogP contribution in [0.5, 0.6) is 0 Å². The van der Waals surface area contributed by atoms with Gasteiger partial charge in [-0.05, 0) is 12.3 Å². The highest BCUT2D eigenvalue weighted by molar-refractivity contribution is 7.89. The molecule has 7 nitrogen and oxygen atoms in total. The number of carboxylic acid groups (broad SMARTS) is 1. The van der Waals surface area contributed by atoms with Gasteiger partial charge < -0.3 is 5.11 Å². The molecule has 0 aliphatic heterocycles. The van der Waals surface area contributed by atoms with Gasteiger partial charge in [-0.3, -0.25) is 9.89 Å². The molecule has 1 unspecified atom stereocenters. The molecule has 3 N–H and O–H groups in total. The van der Waals surface area contributed by atoms with Crippen LogP contribution in [-0.2, 0) is 14.8 Å². The van der Waals surface area contributed by atoms with Crippen LogP contribution in [0.25, 0.3) is 0 Å². The maximum Gasteiger partial charge on any atom is 0.307 e. The van der Waals surface area contributed by atoms with Crippen LogP contribution in [0.15, 0.2) is 17.3 Å². The molecule has 0 bridgehead atoms. The van der Waals surface area contributed by atoms with Crippen LogP contribution >= 0.6 is 0 Å². The number of hydrogen-bond donors (Lipinski definition) is 3. The summed E-state index contributed by atoms with van der Waals surface area (Å²) in [4.78, 5) is 11.0. The molecule has 1 atom stereocenters. The number of aromatic nitrogens is 2. The van der Waals surface area contributed by atoms with E-state index in [9.17, 15) is 13.2 Å². The number of rotatable bonds is 7. The fourth-order valence-corrected chi connectivity index (χ4v) is 2.51. The van der Waals surface area contributed by atoms with Crippen molar-refractivity contribution in [1.82, 2.24) is 14.9 Å². The van der Waals surface area contributed by atoms with E-state index in [1.54, 1.807) is 0 Å². The van der Waals surface area contributed by atoms with E-state index in [2.05, 4.69) is 14.9 Å². The van der Waals surface area contributed by atoms with E-state index >= 15 is 0 Å². The lowest BCUT2D eigenvalue weighted by Crippen LogP contribution is -2.33. The van der Waals surface area contributed by atoms with Crippen molar-refractivity contribution in [3.05, 3.63) is 12.4 Å². The van der Waals surface area contributed by atoms with E-state index in [1.165, 1.54) is 12.4 Å². The van der Waals surface area contributed by atoms with Gasteiger partial charge in [-0.2, -0.15) is 5.10 Å². The predicted octanol–water partition coefficient (Wildman–Crippen LogP) is 0.435. The summed E-state index contributed by atoms with van der Waals surface area (Å²) in [6, 6.07) is 0. The molecule has 0 amide bonds. The van der Waals surface area contributed by atoms with Gasteiger partial charge in [-0.25, -0.2) is 13.1 Å². The molecule has 0 saturated heterocycles. The molecule has 0 fully saturated rings. The quantitative estimate of drug-likeness (QED) is 0.668. The summed E-state index contributed by atoms with van der Waals surface area (Å²) in [7, 11) is -3.69. The number of aromatic amines is 1. The van der Waals surface area contributed by atoms with E-state index in [0.29, 0.717) is 6.42 Å². The highest BCUT2D eigenvalue weighted by atomic mass is 32.2. The van der Waals surface area contributed by atoms with Crippen molar-refractivity contribution in [2.24, 2.45) is 11.8 Å². The smallest absolute Gasteiger partial charge is 0.307 e. The minimum atomic E-state index is -3.69. The predicted molar refractivity (Wildman–Crippen MR) is 64.4 cm³/mol. The van der Waals surface area contributed by atoms with Crippen molar-refractivity contribution in [2.75, 3.05) is 6.54 Å². The number of carbonyl (C=O) groups is 1. The van der Waals surface area contributed by atoms with Gasteiger partial charge in [0.2, 0.25) is 10.0 Å². The molecule has 1 heterocycles. The number of nitrogens with one attached hydrogen (secondary N) is 2. The zero-order chi connectivity index (χ0) is 13.8. The lowest BCUT2D eigenvalue weighted by Gasteiger charge is -2.15. The van der Waals surface area contributed by atoms with Gasteiger partial charge in [0.15, 0.2) is 0 Å². The number of nitrogens with zero attached hydrogens (tertiary/aromatic N) is 1. The third-order valence-electron chi connectivity index (χ3n) is 2.41. The Kier molecular flexibility index (Phi) is 4.85. The molecule has 0 radical (unpaired) electrons. The molecule has 0 aliphatic carbocycles. The zero-order valence-electron chi connectivity index (χ0n) is 10.3. The number of sulfonamides is 1. The van der Waals surface area contributed by atoms with Gasteiger partial charge in [0.05, 0.1) is 12.1 Å². The average molecular weight is 275 g/mol. The van der Waals surface area contributed by atoms with Crippen LogP contribution in [-0.4, -0.2) is 36.2 Å². The summed E-state index contributed by atoms with van der Waals surface area (Å²) in [6.07, 6.45) is 2.82. The normalized spacial score (nSPS) is 13.7. The standard InChI is InChI=1S/C10H17N3O4S/c1-7(2)3-8(10(14)15)4-13-18(16,17)9-5-11-12-6-9/h5-8,13H,3-4H2,1-2H3,(H,11,12)(H,14,15). The summed E-state index contributed by atoms with van der Waals surface area (Å²) in [6.45, 7) is 3.65. The van der Waals surface area contributed by atoms with Crippen molar-refractivity contribution in [1.29, 1.82) is 0 Å². The first kappa shape index (κ1) is 14.7. The van der Waals surface area contributed by atoms with Gasteiger partial charge in [-0.15, -0.1) is 0 Å². The first-order valence-corrected chi connectivity index (χ1v) is 7.02. The van der Waals surface area contributed by atoms with E-state index < -0.39 is 21.9 Å². The second kappa shape index (κ2) is 5.96. The summed E-state index contributed by atoms with van der Waals surface area (Å²) >= 11 is 0. The van der Waals surface area contributed by atoms with Crippen molar-refractivity contribution < 1.29 is 18.3 Å². The lowest BCUT2D eigenvalue weighted by molar-refractivity contribution is -0.142. The Labute approximate surface area is 106 Å². The van der Waals surface area contributed by atoms with Gasteiger partial charge in [0, 0.05) is 12.7 Å². The highest BCUT2D eigenvalue weighted by Gasteiger charge is 2.22. The third kappa shape index (κ3) is 4.11. The van der Waals surface area contributed by atoms with E-state index in [-0.39, 0.29) is 17.4 Å². The Morgan fingerprint density at radius 3 is 2.67 bits per heavy atom. The highest BCUT2D eigenvalue weighted by Crippen LogP contribution is 2.12. The number of aliphatic carboxylic acids is 1. The second-order valence-corrected chi connectivity index (χ2v) is 6.22. The molecule has 0 aliphatic rings. The van der Waals surface area contributed by atoms with Gasteiger partial charge >= 0.3 is 5.97 Å². The summed E-state index contributed by atoms with van der Waals surface area (Å²) in [5, 5.41) is 14.9. The Morgan fingerprint density at radius 1 is 1.56 bits per heavy atom. The van der Waals surface area contributed by atoms with Crippen LogP contribution in [0.3, 0.4) is 0 Å². The summed E-state index contributed by atoms with van der Waals surface area (Å²) < 4.78 is 25.8. The van der Waals surface area contributed by atoms with Crippen molar-refractivity contribution >= 4 is 16.0 Å². The van der Waals surface area contributed by atoms with Crippen LogP contribution in [0.4, 0.5) is 0 Å². The number of H-pyrrole nitrogens is 1. The fourth-order valence-electron chi connectivity index (χ4n) is 1.52. The molecular weight excluding hydrogens is 258 g/mol. The van der Waals surface area contributed by atoms with Crippen LogP contribution in [0.2, 0.25) is 0 Å². The van der Waals surface area contributed by atoms with Gasteiger partial charge in [0.1, 0.15) is 4.90 Å². The average Bonchev–Trinajstić information content (AvgIpc) is 2.77. The Balaban J connectivity index is 2.65. The van der Waals surface area contributed by atoms with Gasteiger partial charge in [0.25, 0.3) is 0 Å². The van der Waals surface area contributed by atoms with E-state index in [4.69, 9.17) is 5.11 Å². The minimum absolute atomic E-state index is 0.00353. The topological polar surface area (TPSA) is 112 Å². The van der Waals surface area contributed by atoms with Crippen molar-refractivity contribution in [3.8, 4) is 0 Å². The van der Waals surface area contributed by atoms with Crippen LogP contribution in [0.1, 0.15) is 20.3 Å². The number of hydrogen-bond acceptors (Lipinski definition) is 4. The molecule has 1 rings (SSSR count). The van der Waals surface area contributed by atoms with E-state index in [1.807, 2.05) is 13.8 Å². The Morgan fingerprint density at radius 2 is 2.22 bits per heavy atom. The molecule has 102 valence electrons. The maximum atomic E-state index is 11.7. The molecule has 0 spiro atoms. The second-order valence-electron chi connectivity index (χ2n) is 4.45. The molecule has 1 aromatic heterocycles. The van der Waals surface area contributed by atoms with Crippen molar-refractivity contribution in [3.63, 3.8) is 0 Å². The zero-order valence-corrected chi connectivity index (χ0v) is 11.1. The SMILES string of the molecule is CC(C)CC(CNS(=O)(=O)c1cn[nH]c1)C(=O)O. The monoisotopic (exact) mass is 275 g/mol. The third-order valence-corrected chi connectivity index (χ3v) is 3.80. The first-order chi connectivity index (χ1) is 8.33. The maximum absolute atomic E-state index is 11.7. The Bertz CT molecular complexity index is 481. The van der Waals surface area contributed by atoms with Crippen LogP contribution in [0, 0.1) is 11.8 Å². The molecule has 0 saturated carbocycles. The first-order valence-electron chi connectivity index (χ1n) is 5.54. The summed E-state index contributed by atoms with van der Waals surface area (Å²) in [5.74, 6) is -1.55. The Hall–Kier alpha value is -1.41. The largest absolute Gasteiger partial charge is 0.481 e. The molecule has 1 aromatic rings. The molecule has 8 heteroatoms. The molecular formula is C10H17N3O4S. The van der Waals surface area contributed by atoms with E-state index in [0.717, 1.165) is 0 Å². The summed E-state index contributed by atoms with van der Waals surface area (Å²) in [5.41, 5.74) is 0. The number of carboxylic acids is 1. The molecule has 0 aromatic carbocycles. The molecule has 18 heavy (non-hydrogen) atoms.